The number of hydrogen-bond acceptors (Lipinski definition) is 5. The van der Waals surface area contributed by atoms with Gasteiger partial charge in [-0.3, -0.25) is 10.1 Å². The maximum Gasteiger partial charge on any atom is 0.258 e. The van der Waals surface area contributed by atoms with Crippen LogP contribution in [0.5, 0.6) is 11.5 Å². The monoisotopic (exact) mass is 432 g/mol. The number of rotatable bonds is 6. The largest absolute Gasteiger partial charge is 0.497 e. The predicted molar refractivity (Wildman–Crippen MR) is 107 cm³/mol. The van der Waals surface area contributed by atoms with Gasteiger partial charge in [-0.2, -0.15) is 0 Å². The quantitative estimate of drug-likeness (QED) is 0.578. The summed E-state index contributed by atoms with van der Waals surface area (Å²) in [5, 5.41) is 5.27. The number of nitrogens with zero attached hydrogens (tertiary/aromatic N) is 1. The van der Waals surface area contributed by atoms with Crippen LogP contribution in [-0.2, 0) is 0 Å². The molecule has 3 aromatic rings. The van der Waals surface area contributed by atoms with Crippen molar-refractivity contribution in [3.63, 3.8) is 0 Å². The summed E-state index contributed by atoms with van der Waals surface area (Å²) >= 11 is 4.77. The van der Waals surface area contributed by atoms with Crippen LogP contribution < -0.4 is 14.8 Å². The van der Waals surface area contributed by atoms with Gasteiger partial charge in [0, 0.05) is 15.4 Å². The van der Waals surface area contributed by atoms with E-state index in [0.717, 1.165) is 17.0 Å². The van der Waals surface area contributed by atoms with E-state index in [1.165, 1.54) is 11.3 Å². The molecule has 0 saturated heterocycles. The lowest BCUT2D eigenvalue weighted by Gasteiger charge is -2.07. The van der Waals surface area contributed by atoms with Gasteiger partial charge in [0.15, 0.2) is 5.13 Å². The first-order valence-electron chi connectivity index (χ1n) is 7.94. The van der Waals surface area contributed by atoms with E-state index in [4.69, 9.17) is 9.47 Å². The van der Waals surface area contributed by atoms with Gasteiger partial charge in [-0.25, -0.2) is 4.98 Å². The Kier molecular flexibility index (Phi) is 5.90. The highest BCUT2D eigenvalue weighted by Crippen LogP contribution is 2.28. The minimum atomic E-state index is -0.247. The van der Waals surface area contributed by atoms with E-state index < -0.39 is 0 Å². The maximum absolute atomic E-state index is 12.5. The lowest BCUT2D eigenvalue weighted by atomic mass is 10.2. The van der Waals surface area contributed by atoms with Crippen molar-refractivity contribution in [2.45, 2.75) is 6.92 Å². The molecule has 1 aromatic heterocycles. The fourth-order valence-corrected chi connectivity index (χ4v) is 3.46. The van der Waals surface area contributed by atoms with E-state index in [9.17, 15) is 4.79 Å². The summed E-state index contributed by atoms with van der Waals surface area (Å²) in [5.41, 5.74) is 2.26. The number of thiazole rings is 1. The third-order valence-electron chi connectivity index (χ3n) is 3.60. The van der Waals surface area contributed by atoms with Crippen molar-refractivity contribution in [3.05, 3.63) is 57.9 Å². The molecule has 1 amide bonds. The highest BCUT2D eigenvalue weighted by atomic mass is 79.9. The Balaban J connectivity index is 1.75. The first kappa shape index (κ1) is 18.4. The highest BCUT2D eigenvalue weighted by molar-refractivity contribution is 9.10. The van der Waals surface area contributed by atoms with Gasteiger partial charge in [0.25, 0.3) is 5.91 Å². The summed E-state index contributed by atoms with van der Waals surface area (Å²) in [6.45, 7) is 2.58. The summed E-state index contributed by atoms with van der Waals surface area (Å²) in [6, 6.07) is 13.0. The van der Waals surface area contributed by atoms with E-state index in [-0.39, 0.29) is 5.91 Å². The van der Waals surface area contributed by atoms with Gasteiger partial charge in [-0.1, -0.05) is 0 Å². The van der Waals surface area contributed by atoms with Crippen LogP contribution in [0.3, 0.4) is 0 Å². The van der Waals surface area contributed by atoms with Crippen LogP contribution in [0, 0.1) is 0 Å². The molecule has 26 heavy (non-hydrogen) atoms. The third kappa shape index (κ3) is 4.23. The molecule has 0 aliphatic heterocycles. The molecular weight excluding hydrogens is 416 g/mol. The van der Waals surface area contributed by atoms with Gasteiger partial charge in [0.05, 0.1) is 25.0 Å². The zero-order chi connectivity index (χ0) is 18.5. The summed E-state index contributed by atoms with van der Waals surface area (Å²) in [4.78, 5) is 17.0. The number of methoxy groups -OCH3 is 1. The number of carbonyl (C=O) groups is 1. The van der Waals surface area contributed by atoms with Gasteiger partial charge >= 0.3 is 0 Å². The van der Waals surface area contributed by atoms with Crippen LogP contribution in [0.4, 0.5) is 5.13 Å². The topological polar surface area (TPSA) is 60.5 Å². The van der Waals surface area contributed by atoms with Gasteiger partial charge in [-0.15, -0.1) is 11.3 Å². The Hall–Kier alpha value is -2.38. The molecule has 0 spiro atoms. The second-order valence-corrected chi connectivity index (χ2v) is 7.01. The molecule has 5 nitrogen and oxygen atoms in total. The normalized spacial score (nSPS) is 10.4. The van der Waals surface area contributed by atoms with E-state index >= 15 is 0 Å². The first-order chi connectivity index (χ1) is 12.6. The second kappa shape index (κ2) is 8.33. The molecule has 1 N–H and O–H groups in total. The SMILES string of the molecule is CCOc1ccc(-c2csc(NC(=O)c3cc(OC)ccc3Br)n2)cc1. The highest BCUT2D eigenvalue weighted by Gasteiger charge is 2.14. The van der Waals surface area contributed by atoms with E-state index in [1.54, 1.807) is 25.3 Å². The summed E-state index contributed by atoms with van der Waals surface area (Å²) in [6.07, 6.45) is 0. The fraction of sp³-hybridized carbons (Fsp3) is 0.158. The predicted octanol–water partition coefficient (Wildman–Crippen LogP) is 5.23. The molecular formula is C19H17BrN2O3S. The first-order valence-corrected chi connectivity index (χ1v) is 9.61. The number of ether oxygens (including phenoxy) is 2. The van der Waals surface area contributed by atoms with Crippen molar-refractivity contribution < 1.29 is 14.3 Å². The van der Waals surface area contributed by atoms with Crippen LogP contribution in [0.15, 0.2) is 52.3 Å². The van der Waals surface area contributed by atoms with Crippen molar-refractivity contribution >= 4 is 38.3 Å². The molecule has 0 saturated carbocycles. The third-order valence-corrected chi connectivity index (χ3v) is 5.05. The van der Waals surface area contributed by atoms with Crippen molar-refractivity contribution in [2.75, 3.05) is 19.0 Å². The number of amides is 1. The molecule has 0 atom stereocenters. The minimum absolute atomic E-state index is 0.247. The zero-order valence-electron chi connectivity index (χ0n) is 14.3. The van der Waals surface area contributed by atoms with Crippen LogP contribution in [0.1, 0.15) is 17.3 Å². The molecule has 0 aliphatic carbocycles. The number of hydrogen-bond donors (Lipinski definition) is 1. The van der Waals surface area contributed by atoms with Gasteiger partial charge < -0.3 is 9.47 Å². The van der Waals surface area contributed by atoms with Gasteiger partial charge in [-0.05, 0) is 65.3 Å². The Morgan fingerprint density at radius 1 is 1.19 bits per heavy atom. The van der Waals surface area contributed by atoms with Gasteiger partial charge in [0.2, 0.25) is 0 Å². The van der Waals surface area contributed by atoms with Crippen molar-refractivity contribution in [2.24, 2.45) is 0 Å². The Bertz CT molecular complexity index is 909. The lowest BCUT2D eigenvalue weighted by Crippen LogP contribution is -2.12. The molecule has 2 aromatic carbocycles. The van der Waals surface area contributed by atoms with Crippen LogP contribution >= 0.6 is 27.3 Å². The standard InChI is InChI=1S/C19H17BrN2O3S/c1-3-25-13-6-4-12(5-7-13)17-11-26-19(21-17)22-18(23)15-10-14(24-2)8-9-16(15)20/h4-11H,3H2,1-2H3,(H,21,22,23). The molecule has 3 rings (SSSR count). The van der Waals surface area contributed by atoms with E-state index in [0.29, 0.717) is 27.5 Å². The fourth-order valence-electron chi connectivity index (χ4n) is 2.32. The number of carbonyl (C=O) groups excluding carboxylic acids is 1. The molecule has 0 fully saturated rings. The Morgan fingerprint density at radius 3 is 2.62 bits per heavy atom. The van der Waals surface area contributed by atoms with Crippen molar-refractivity contribution in [1.82, 2.24) is 4.98 Å². The summed E-state index contributed by atoms with van der Waals surface area (Å²) in [7, 11) is 1.56. The van der Waals surface area contributed by atoms with Crippen LogP contribution in [0.2, 0.25) is 0 Å². The number of anilines is 1. The minimum Gasteiger partial charge on any atom is -0.497 e. The number of aromatic nitrogens is 1. The van der Waals surface area contributed by atoms with Crippen LogP contribution in [0.25, 0.3) is 11.3 Å². The average molecular weight is 433 g/mol. The van der Waals surface area contributed by atoms with E-state index in [1.807, 2.05) is 36.6 Å². The lowest BCUT2D eigenvalue weighted by molar-refractivity contribution is 0.102. The molecule has 1 heterocycles. The molecule has 0 radical (unpaired) electrons. The van der Waals surface area contributed by atoms with E-state index in [2.05, 4.69) is 26.2 Å². The van der Waals surface area contributed by atoms with Crippen molar-refractivity contribution in [1.29, 1.82) is 0 Å². The summed E-state index contributed by atoms with van der Waals surface area (Å²) in [5.74, 6) is 1.19. The Labute approximate surface area is 164 Å². The smallest absolute Gasteiger partial charge is 0.258 e. The number of nitrogens with one attached hydrogen (secondary N) is 1. The molecule has 7 heteroatoms. The molecule has 0 aliphatic rings. The number of benzene rings is 2. The zero-order valence-corrected chi connectivity index (χ0v) is 16.7. The average Bonchev–Trinajstić information content (AvgIpc) is 3.11. The maximum atomic E-state index is 12.5. The summed E-state index contributed by atoms with van der Waals surface area (Å²) < 4.78 is 11.3. The number of halogens is 1. The molecule has 0 bridgehead atoms. The van der Waals surface area contributed by atoms with Gasteiger partial charge in [0.1, 0.15) is 11.5 Å². The van der Waals surface area contributed by atoms with Crippen LogP contribution in [-0.4, -0.2) is 24.6 Å². The molecule has 134 valence electrons. The Morgan fingerprint density at radius 2 is 1.92 bits per heavy atom. The molecule has 0 unspecified atom stereocenters. The van der Waals surface area contributed by atoms with Crippen molar-refractivity contribution in [3.8, 4) is 22.8 Å². The second-order valence-electron chi connectivity index (χ2n) is 5.30.